The second kappa shape index (κ2) is 3.82. The fourth-order valence-corrected chi connectivity index (χ4v) is 4.18. The Kier molecular flexibility index (Phi) is 3.01. The van der Waals surface area contributed by atoms with Crippen LogP contribution in [0, 0.1) is 5.92 Å². The van der Waals surface area contributed by atoms with Crippen molar-refractivity contribution in [1.82, 2.24) is 5.32 Å². The lowest BCUT2D eigenvalue weighted by Gasteiger charge is -2.41. The minimum absolute atomic E-state index is 0.270. The molecule has 0 bridgehead atoms. The van der Waals surface area contributed by atoms with E-state index in [2.05, 4.69) is 39.2 Å². The first kappa shape index (κ1) is 12.6. The van der Waals surface area contributed by atoms with Gasteiger partial charge in [-0.3, -0.25) is 0 Å². The van der Waals surface area contributed by atoms with Gasteiger partial charge in [-0.05, 0) is 43.9 Å². The summed E-state index contributed by atoms with van der Waals surface area (Å²) in [5.41, 5.74) is 0.270. The van der Waals surface area contributed by atoms with E-state index in [1.54, 1.807) is 0 Å². The van der Waals surface area contributed by atoms with Crippen LogP contribution < -0.4 is 5.32 Å². The third-order valence-corrected chi connectivity index (χ3v) is 9.34. The SMILES string of the molecule is CC(C)(C)[Si](C)(C)OC1(C2CCNC2)CC1. The van der Waals surface area contributed by atoms with Crippen molar-refractivity contribution >= 4 is 8.32 Å². The van der Waals surface area contributed by atoms with Gasteiger partial charge in [0.05, 0.1) is 5.60 Å². The maximum atomic E-state index is 6.68. The first-order chi connectivity index (χ1) is 7.27. The molecule has 1 aliphatic heterocycles. The van der Waals surface area contributed by atoms with Crippen LogP contribution in [0.15, 0.2) is 0 Å². The molecule has 0 spiro atoms. The summed E-state index contributed by atoms with van der Waals surface area (Å²) < 4.78 is 6.68. The number of nitrogens with one attached hydrogen (secondary N) is 1. The van der Waals surface area contributed by atoms with E-state index in [1.807, 2.05) is 0 Å². The standard InChI is InChI=1S/C13H27NOSi/c1-12(2,3)16(4,5)15-13(7-8-13)11-6-9-14-10-11/h11,14H,6-10H2,1-5H3. The Morgan fingerprint density at radius 2 is 1.88 bits per heavy atom. The van der Waals surface area contributed by atoms with Crippen molar-refractivity contribution in [2.75, 3.05) is 13.1 Å². The summed E-state index contributed by atoms with van der Waals surface area (Å²) in [4.78, 5) is 0. The predicted octanol–water partition coefficient (Wildman–Crippen LogP) is 3.15. The molecule has 0 aromatic carbocycles. The van der Waals surface area contributed by atoms with Crippen LogP contribution in [0.3, 0.4) is 0 Å². The molecule has 1 atom stereocenters. The van der Waals surface area contributed by atoms with E-state index >= 15 is 0 Å². The monoisotopic (exact) mass is 241 g/mol. The molecule has 2 rings (SSSR count). The molecule has 0 aromatic rings. The van der Waals surface area contributed by atoms with E-state index in [0.717, 1.165) is 5.92 Å². The van der Waals surface area contributed by atoms with Gasteiger partial charge in [0.15, 0.2) is 8.32 Å². The Morgan fingerprint density at radius 3 is 2.25 bits per heavy atom. The largest absolute Gasteiger partial charge is 0.411 e. The second-order valence-corrected chi connectivity index (χ2v) is 11.8. The molecule has 3 heteroatoms. The van der Waals surface area contributed by atoms with E-state index in [9.17, 15) is 0 Å². The molecule has 0 radical (unpaired) electrons. The Hall–Kier alpha value is 0.137. The summed E-state index contributed by atoms with van der Waals surface area (Å²) >= 11 is 0. The van der Waals surface area contributed by atoms with E-state index in [0.29, 0.717) is 5.04 Å². The van der Waals surface area contributed by atoms with Crippen molar-refractivity contribution in [2.45, 2.75) is 63.8 Å². The van der Waals surface area contributed by atoms with Crippen molar-refractivity contribution < 1.29 is 4.43 Å². The maximum Gasteiger partial charge on any atom is 0.192 e. The fourth-order valence-electron chi connectivity index (χ4n) is 2.48. The Balaban J connectivity index is 2.03. The molecule has 1 saturated heterocycles. The summed E-state index contributed by atoms with van der Waals surface area (Å²) in [6.07, 6.45) is 3.91. The van der Waals surface area contributed by atoms with Gasteiger partial charge in [0, 0.05) is 12.5 Å². The van der Waals surface area contributed by atoms with E-state index in [1.165, 1.54) is 32.4 Å². The molecule has 2 nitrogen and oxygen atoms in total. The Morgan fingerprint density at radius 1 is 1.25 bits per heavy atom. The Bertz CT molecular complexity index is 260. The zero-order valence-electron chi connectivity index (χ0n) is 11.5. The summed E-state index contributed by atoms with van der Waals surface area (Å²) in [6, 6.07) is 0. The summed E-state index contributed by atoms with van der Waals surface area (Å²) in [5.74, 6) is 0.779. The van der Waals surface area contributed by atoms with Gasteiger partial charge in [-0.15, -0.1) is 0 Å². The molecule has 2 aliphatic rings. The Labute approximate surface area is 101 Å². The van der Waals surface area contributed by atoms with Crippen LogP contribution in [0.25, 0.3) is 0 Å². The molecule has 1 unspecified atom stereocenters. The third kappa shape index (κ3) is 2.22. The molecule has 0 amide bonds. The zero-order chi connectivity index (χ0) is 12.0. The van der Waals surface area contributed by atoms with E-state index in [-0.39, 0.29) is 5.60 Å². The third-order valence-electron chi connectivity index (χ3n) is 4.81. The first-order valence-corrected chi connectivity index (χ1v) is 9.59. The molecule has 1 heterocycles. The quantitative estimate of drug-likeness (QED) is 0.767. The van der Waals surface area contributed by atoms with Crippen LogP contribution in [0.4, 0.5) is 0 Å². The van der Waals surface area contributed by atoms with Gasteiger partial charge >= 0.3 is 0 Å². The van der Waals surface area contributed by atoms with Crippen LogP contribution in [0.2, 0.25) is 18.1 Å². The van der Waals surface area contributed by atoms with Crippen molar-refractivity contribution in [2.24, 2.45) is 5.92 Å². The lowest BCUT2D eigenvalue weighted by molar-refractivity contribution is 0.101. The topological polar surface area (TPSA) is 21.3 Å². The van der Waals surface area contributed by atoms with Gasteiger partial charge < -0.3 is 9.74 Å². The lowest BCUT2D eigenvalue weighted by atomic mass is 10.00. The number of rotatable bonds is 3. The second-order valence-electron chi connectivity index (χ2n) is 7.12. The molecule has 2 fully saturated rings. The van der Waals surface area contributed by atoms with E-state index < -0.39 is 8.32 Å². The smallest absolute Gasteiger partial charge is 0.192 e. The van der Waals surface area contributed by atoms with Crippen LogP contribution in [0.1, 0.15) is 40.0 Å². The van der Waals surface area contributed by atoms with Gasteiger partial charge in [0.2, 0.25) is 0 Å². The van der Waals surface area contributed by atoms with Crippen LogP contribution in [-0.2, 0) is 4.43 Å². The van der Waals surface area contributed by atoms with Crippen molar-refractivity contribution in [1.29, 1.82) is 0 Å². The van der Waals surface area contributed by atoms with Crippen LogP contribution in [-0.4, -0.2) is 27.0 Å². The molecule has 94 valence electrons. The maximum absolute atomic E-state index is 6.68. The number of hydrogen-bond acceptors (Lipinski definition) is 2. The molecule has 1 N–H and O–H groups in total. The van der Waals surface area contributed by atoms with Crippen molar-refractivity contribution in [3.05, 3.63) is 0 Å². The normalized spacial score (nSPS) is 29.4. The number of hydrogen-bond donors (Lipinski definition) is 1. The van der Waals surface area contributed by atoms with Gasteiger partial charge in [0.25, 0.3) is 0 Å². The van der Waals surface area contributed by atoms with Gasteiger partial charge in [-0.25, -0.2) is 0 Å². The zero-order valence-corrected chi connectivity index (χ0v) is 12.5. The highest BCUT2D eigenvalue weighted by Crippen LogP contribution is 2.53. The summed E-state index contributed by atoms with van der Waals surface area (Å²) in [7, 11) is -1.57. The van der Waals surface area contributed by atoms with Crippen LogP contribution >= 0.6 is 0 Å². The first-order valence-electron chi connectivity index (χ1n) is 6.68. The van der Waals surface area contributed by atoms with E-state index in [4.69, 9.17) is 4.43 Å². The summed E-state index contributed by atoms with van der Waals surface area (Å²) in [5, 5.41) is 3.82. The highest BCUT2D eigenvalue weighted by Gasteiger charge is 2.55. The highest BCUT2D eigenvalue weighted by atomic mass is 28.4. The molecular formula is C13H27NOSi. The van der Waals surface area contributed by atoms with Crippen LogP contribution in [0.5, 0.6) is 0 Å². The highest BCUT2D eigenvalue weighted by molar-refractivity contribution is 6.74. The molecular weight excluding hydrogens is 214 g/mol. The predicted molar refractivity (Wildman–Crippen MR) is 71.2 cm³/mol. The average Bonchev–Trinajstić information content (AvgIpc) is 2.71. The van der Waals surface area contributed by atoms with Crippen molar-refractivity contribution in [3.8, 4) is 0 Å². The average molecular weight is 241 g/mol. The molecule has 0 aromatic heterocycles. The molecule has 1 saturated carbocycles. The minimum Gasteiger partial charge on any atom is -0.411 e. The van der Waals surface area contributed by atoms with Gasteiger partial charge in [-0.1, -0.05) is 20.8 Å². The van der Waals surface area contributed by atoms with Gasteiger partial charge in [-0.2, -0.15) is 0 Å². The molecule has 16 heavy (non-hydrogen) atoms. The molecule has 1 aliphatic carbocycles. The fraction of sp³-hybridized carbons (Fsp3) is 1.00. The lowest BCUT2D eigenvalue weighted by Crippen LogP contribution is -2.47. The van der Waals surface area contributed by atoms with Crippen molar-refractivity contribution in [3.63, 3.8) is 0 Å². The summed E-state index contributed by atoms with van der Waals surface area (Å²) in [6.45, 7) is 14.1. The van der Waals surface area contributed by atoms with Gasteiger partial charge in [0.1, 0.15) is 0 Å². The minimum atomic E-state index is -1.57.